The van der Waals surface area contributed by atoms with Gasteiger partial charge >= 0.3 is 0 Å². The van der Waals surface area contributed by atoms with Gasteiger partial charge < -0.3 is 5.73 Å². The number of benzene rings is 1. The maximum atomic E-state index is 12.4. The molecular weight excluding hydrogens is 274 g/mol. The predicted molar refractivity (Wildman–Crippen MR) is 81.0 cm³/mol. The zero-order valence-corrected chi connectivity index (χ0v) is 11.9. The van der Waals surface area contributed by atoms with E-state index in [1.807, 2.05) is 6.07 Å². The molecule has 1 aliphatic carbocycles. The van der Waals surface area contributed by atoms with E-state index in [0.717, 1.165) is 31.1 Å². The van der Waals surface area contributed by atoms with Gasteiger partial charge in [0.2, 0.25) is 10.0 Å². The molecule has 3 rings (SSSR count). The number of aromatic nitrogens is 1. The second-order valence-electron chi connectivity index (χ2n) is 5.16. The fourth-order valence-electron chi connectivity index (χ4n) is 2.72. The molecule has 0 aliphatic heterocycles. The van der Waals surface area contributed by atoms with Crippen molar-refractivity contribution in [1.29, 1.82) is 0 Å². The van der Waals surface area contributed by atoms with Crippen LogP contribution in [0.5, 0.6) is 0 Å². The minimum absolute atomic E-state index is 0.285. The van der Waals surface area contributed by atoms with E-state index in [9.17, 15) is 8.42 Å². The number of pyridine rings is 1. The van der Waals surface area contributed by atoms with Crippen LogP contribution in [0.2, 0.25) is 0 Å². The maximum Gasteiger partial charge on any atom is 0.235 e. The molecule has 0 spiro atoms. The summed E-state index contributed by atoms with van der Waals surface area (Å²) in [6.07, 6.45) is 5.08. The number of nitrogens with two attached hydrogens (primary N) is 1. The molecule has 106 valence electrons. The van der Waals surface area contributed by atoms with Crippen LogP contribution in [0.3, 0.4) is 0 Å². The lowest BCUT2D eigenvalue weighted by atomic mass is 10.1. The number of fused-ring (bicyclic) bond motifs is 1. The van der Waals surface area contributed by atoms with Crippen LogP contribution in [0.15, 0.2) is 30.5 Å². The molecule has 1 saturated carbocycles. The van der Waals surface area contributed by atoms with E-state index in [2.05, 4.69) is 9.71 Å². The lowest BCUT2D eigenvalue weighted by molar-refractivity contribution is 0.585. The standard InChI is InChI=1S/C14H17N3O2S/c15-12-7-8-13(11-6-3-9-16-14(11)12)17-20(18,19)10-4-1-2-5-10/h3,6-10,17H,1-2,4-5,15H2. The Balaban J connectivity index is 2.01. The van der Waals surface area contributed by atoms with E-state index in [1.165, 1.54) is 0 Å². The van der Waals surface area contributed by atoms with Crippen molar-refractivity contribution in [3.8, 4) is 0 Å². The van der Waals surface area contributed by atoms with Crippen LogP contribution in [0.1, 0.15) is 25.7 Å². The summed E-state index contributed by atoms with van der Waals surface area (Å²) in [5.74, 6) is 0. The molecule has 0 bridgehead atoms. The molecular formula is C14H17N3O2S. The van der Waals surface area contributed by atoms with Gasteiger partial charge in [0.25, 0.3) is 0 Å². The Morgan fingerprint density at radius 2 is 1.95 bits per heavy atom. The average Bonchev–Trinajstić information content (AvgIpc) is 2.97. The van der Waals surface area contributed by atoms with E-state index in [4.69, 9.17) is 5.73 Å². The molecule has 1 aliphatic rings. The van der Waals surface area contributed by atoms with Crippen molar-refractivity contribution in [3.05, 3.63) is 30.5 Å². The van der Waals surface area contributed by atoms with E-state index in [1.54, 1.807) is 24.4 Å². The number of rotatable bonds is 3. The summed E-state index contributed by atoms with van der Waals surface area (Å²) in [4.78, 5) is 4.21. The highest BCUT2D eigenvalue weighted by molar-refractivity contribution is 7.93. The Morgan fingerprint density at radius 1 is 1.20 bits per heavy atom. The molecule has 0 unspecified atom stereocenters. The molecule has 1 heterocycles. The minimum atomic E-state index is -3.34. The summed E-state index contributed by atoms with van der Waals surface area (Å²) < 4.78 is 27.4. The van der Waals surface area contributed by atoms with Crippen LogP contribution < -0.4 is 10.5 Å². The van der Waals surface area contributed by atoms with Gasteiger partial charge in [0, 0.05) is 11.6 Å². The monoisotopic (exact) mass is 291 g/mol. The third kappa shape index (κ3) is 2.31. The molecule has 2 aromatic rings. The Bertz CT molecular complexity index is 737. The Kier molecular flexibility index (Phi) is 3.25. The molecule has 1 fully saturated rings. The van der Waals surface area contributed by atoms with Crippen LogP contribution in [-0.4, -0.2) is 18.7 Å². The van der Waals surface area contributed by atoms with E-state index < -0.39 is 10.0 Å². The third-order valence-corrected chi connectivity index (χ3v) is 5.65. The van der Waals surface area contributed by atoms with Crippen molar-refractivity contribution < 1.29 is 8.42 Å². The number of hydrogen-bond acceptors (Lipinski definition) is 4. The van der Waals surface area contributed by atoms with Crippen molar-refractivity contribution >= 4 is 32.3 Å². The van der Waals surface area contributed by atoms with Crippen molar-refractivity contribution in [2.75, 3.05) is 10.5 Å². The van der Waals surface area contributed by atoms with Crippen LogP contribution >= 0.6 is 0 Å². The van der Waals surface area contributed by atoms with Gasteiger partial charge in [0.15, 0.2) is 0 Å². The van der Waals surface area contributed by atoms with Crippen molar-refractivity contribution in [2.45, 2.75) is 30.9 Å². The summed E-state index contributed by atoms with van der Waals surface area (Å²) >= 11 is 0. The number of anilines is 2. The molecule has 0 radical (unpaired) electrons. The molecule has 0 saturated heterocycles. The van der Waals surface area contributed by atoms with Gasteiger partial charge in [-0.1, -0.05) is 12.8 Å². The van der Waals surface area contributed by atoms with Crippen LogP contribution in [0.4, 0.5) is 11.4 Å². The number of nitrogen functional groups attached to an aromatic ring is 1. The molecule has 1 aromatic heterocycles. The summed E-state index contributed by atoms with van der Waals surface area (Å²) in [6, 6.07) is 6.98. The molecule has 1 aromatic carbocycles. The van der Waals surface area contributed by atoms with Crippen molar-refractivity contribution in [3.63, 3.8) is 0 Å². The number of hydrogen-bond donors (Lipinski definition) is 2. The lowest BCUT2D eigenvalue weighted by Crippen LogP contribution is -2.25. The lowest BCUT2D eigenvalue weighted by Gasteiger charge is -2.15. The molecule has 0 amide bonds. The van der Waals surface area contributed by atoms with Gasteiger partial charge in [0.1, 0.15) is 0 Å². The minimum Gasteiger partial charge on any atom is -0.397 e. The van der Waals surface area contributed by atoms with Crippen molar-refractivity contribution in [2.24, 2.45) is 0 Å². The van der Waals surface area contributed by atoms with Gasteiger partial charge in [-0.05, 0) is 37.1 Å². The van der Waals surface area contributed by atoms with Crippen LogP contribution in [-0.2, 0) is 10.0 Å². The third-order valence-electron chi connectivity index (χ3n) is 3.79. The second kappa shape index (κ2) is 4.94. The quantitative estimate of drug-likeness (QED) is 0.851. The van der Waals surface area contributed by atoms with E-state index >= 15 is 0 Å². The summed E-state index contributed by atoms with van der Waals surface area (Å²) in [5, 5.41) is 0.445. The first-order chi connectivity index (χ1) is 9.58. The maximum absolute atomic E-state index is 12.4. The first-order valence-corrected chi connectivity index (χ1v) is 8.27. The van der Waals surface area contributed by atoms with Gasteiger partial charge in [-0.3, -0.25) is 9.71 Å². The smallest absolute Gasteiger partial charge is 0.235 e. The normalized spacial score (nSPS) is 16.6. The Morgan fingerprint density at radius 3 is 2.70 bits per heavy atom. The highest BCUT2D eigenvalue weighted by atomic mass is 32.2. The Labute approximate surface area is 118 Å². The average molecular weight is 291 g/mol. The fourth-order valence-corrected chi connectivity index (χ4v) is 4.32. The molecule has 5 nitrogen and oxygen atoms in total. The van der Waals surface area contributed by atoms with E-state index in [-0.39, 0.29) is 5.25 Å². The van der Waals surface area contributed by atoms with Gasteiger partial charge in [0.05, 0.1) is 22.1 Å². The molecule has 0 atom stereocenters. The highest BCUT2D eigenvalue weighted by Crippen LogP contribution is 2.30. The summed E-state index contributed by atoms with van der Waals surface area (Å²) in [5.41, 5.74) is 7.59. The molecule has 3 N–H and O–H groups in total. The first-order valence-electron chi connectivity index (χ1n) is 6.73. The summed E-state index contributed by atoms with van der Waals surface area (Å²) in [6.45, 7) is 0. The van der Waals surface area contributed by atoms with Gasteiger partial charge in [-0.25, -0.2) is 8.42 Å². The molecule has 6 heteroatoms. The zero-order chi connectivity index (χ0) is 14.2. The summed E-state index contributed by atoms with van der Waals surface area (Å²) in [7, 11) is -3.34. The number of sulfonamides is 1. The number of nitrogens with zero attached hydrogens (tertiary/aromatic N) is 1. The van der Waals surface area contributed by atoms with Crippen LogP contribution in [0.25, 0.3) is 10.9 Å². The number of nitrogens with one attached hydrogen (secondary N) is 1. The van der Waals surface area contributed by atoms with Gasteiger partial charge in [-0.15, -0.1) is 0 Å². The fraction of sp³-hybridized carbons (Fsp3) is 0.357. The second-order valence-corrected chi connectivity index (χ2v) is 7.12. The Hall–Kier alpha value is -1.82. The first kappa shape index (κ1) is 13.2. The topological polar surface area (TPSA) is 85.1 Å². The van der Waals surface area contributed by atoms with Crippen molar-refractivity contribution in [1.82, 2.24) is 4.98 Å². The SMILES string of the molecule is Nc1ccc(NS(=O)(=O)C2CCCC2)c2cccnc12. The molecule has 20 heavy (non-hydrogen) atoms. The zero-order valence-electron chi connectivity index (χ0n) is 11.0. The predicted octanol–water partition coefficient (Wildman–Crippen LogP) is 2.50. The van der Waals surface area contributed by atoms with E-state index in [0.29, 0.717) is 16.9 Å². The highest BCUT2D eigenvalue weighted by Gasteiger charge is 2.29. The largest absolute Gasteiger partial charge is 0.397 e. The van der Waals surface area contributed by atoms with Crippen LogP contribution in [0, 0.1) is 0 Å². The van der Waals surface area contributed by atoms with Gasteiger partial charge in [-0.2, -0.15) is 0 Å².